The first-order valence-electron chi connectivity index (χ1n) is 5.30. The van der Waals surface area contributed by atoms with Crippen molar-refractivity contribution in [3.63, 3.8) is 0 Å². The van der Waals surface area contributed by atoms with Gasteiger partial charge in [0.05, 0.1) is 12.2 Å². The first kappa shape index (κ1) is 10.8. The highest BCUT2D eigenvalue weighted by atomic mass is 16.5. The molecule has 0 N–H and O–H groups in total. The predicted molar refractivity (Wildman–Crippen MR) is 56.8 cm³/mol. The lowest BCUT2D eigenvalue weighted by atomic mass is 9.90. The highest BCUT2D eigenvalue weighted by Crippen LogP contribution is 2.25. The van der Waals surface area contributed by atoms with Gasteiger partial charge in [0, 0.05) is 0 Å². The number of ether oxygens (including phenoxy) is 1. The summed E-state index contributed by atoms with van der Waals surface area (Å²) in [6, 6.07) is 0. The van der Waals surface area contributed by atoms with Crippen molar-refractivity contribution in [2.45, 2.75) is 59.2 Å². The predicted octanol–water partition coefficient (Wildman–Crippen LogP) is 3.55. The van der Waals surface area contributed by atoms with Gasteiger partial charge >= 0.3 is 0 Å². The van der Waals surface area contributed by atoms with E-state index >= 15 is 0 Å². The Bertz CT molecular complexity index is 176. The van der Waals surface area contributed by atoms with Gasteiger partial charge in [0.1, 0.15) is 0 Å². The fourth-order valence-corrected chi connectivity index (χ4v) is 1.38. The average Bonchev–Trinajstić information content (AvgIpc) is 2.04. The molecule has 0 spiro atoms. The van der Waals surface area contributed by atoms with Gasteiger partial charge in [-0.15, -0.1) is 0 Å². The zero-order valence-electron chi connectivity index (χ0n) is 9.34. The molecule has 2 atom stereocenters. The maximum atomic E-state index is 6.00. The lowest BCUT2D eigenvalue weighted by molar-refractivity contribution is -0.0581. The van der Waals surface area contributed by atoms with Gasteiger partial charge < -0.3 is 4.74 Å². The molecule has 0 saturated carbocycles. The molecule has 1 aliphatic rings. The number of hydrogen-bond acceptors (Lipinski definition) is 1. The molecule has 1 rings (SSSR count). The summed E-state index contributed by atoms with van der Waals surface area (Å²) in [4.78, 5) is 0. The molecule has 0 aromatic heterocycles. The van der Waals surface area contributed by atoms with Crippen molar-refractivity contribution >= 4 is 0 Å². The van der Waals surface area contributed by atoms with E-state index in [1.807, 2.05) is 0 Å². The summed E-state index contributed by atoms with van der Waals surface area (Å²) in [7, 11) is 0. The molecule has 0 heterocycles. The zero-order chi connectivity index (χ0) is 9.90. The van der Waals surface area contributed by atoms with Gasteiger partial charge in [0.15, 0.2) is 0 Å². The topological polar surface area (TPSA) is 9.23 Å². The van der Waals surface area contributed by atoms with Gasteiger partial charge in [-0.3, -0.25) is 0 Å². The van der Waals surface area contributed by atoms with E-state index in [-0.39, 0.29) is 5.41 Å². The van der Waals surface area contributed by atoms with E-state index in [1.165, 1.54) is 12.8 Å². The van der Waals surface area contributed by atoms with Gasteiger partial charge in [0.2, 0.25) is 0 Å². The Morgan fingerprint density at radius 3 is 2.46 bits per heavy atom. The Labute approximate surface area is 82.2 Å². The first-order valence-corrected chi connectivity index (χ1v) is 5.30. The quantitative estimate of drug-likeness (QED) is 0.593. The summed E-state index contributed by atoms with van der Waals surface area (Å²) in [5, 5.41) is 0. The molecule has 0 aliphatic heterocycles. The monoisotopic (exact) mass is 182 g/mol. The van der Waals surface area contributed by atoms with E-state index in [1.54, 1.807) is 0 Å². The first-order chi connectivity index (χ1) is 6.00. The van der Waals surface area contributed by atoms with Crippen LogP contribution in [0.2, 0.25) is 0 Å². The SMILES string of the molecule is CC(OC1CC=CCC1)C(C)(C)C. The molecule has 1 nitrogen and oxygen atoms in total. The van der Waals surface area contributed by atoms with Gasteiger partial charge in [0.25, 0.3) is 0 Å². The molecule has 0 aromatic carbocycles. The van der Waals surface area contributed by atoms with Gasteiger partial charge in [-0.25, -0.2) is 0 Å². The second-order valence-corrected chi connectivity index (χ2v) is 5.05. The van der Waals surface area contributed by atoms with Gasteiger partial charge in [-0.2, -0.15) is 0 Å². The van der Waals surface area contributed by atoms with Crippen LogP contribution in [0.4, 0.5) is 0 Å². The molecule has 0 fully saturated rings. The Hall–Kier alpha value is -0.300. The van der Waals surface area contributed by atoms with Crippen LogP contribution in [-0.2, 0) is 4.74 Å². The van der Waals surface area contributed by atoms with E-state index in [0.717, 1.165) is 6.42 Å². The summed E-state index contributed by atoms with van der Waals surface area (Å²) < 4.78 is 6.00. The van der Waals surface area contributed by atoms with Crippen molar-refractivity contribution in [1.29, 1.82) is 0 Å². The van der Waals surface area contributed by atoms with Gasteiger partial charge in [-0.1, -0.05) is 32.9 Å². The minimum atomic E-state index is 0.265. The molecule has 1 heteroatoms. The van der Waals surface area contributed by atoms with Crippen LogP contribution < -0.4 is 0 Å². The molecule has 13 heavy (non-hydrogen) atoms. The Balaban J connectivity index is 2.35. The minimum absolute atomic E-state index is 0.265. The molecular formula is C12H22O. The Kier molecular flexibility index (Phi) is 3.55. The highest BCUT2D eigenvalue weighted by molar-refractivity contribution is 4.91. The van der Waals surface area contributed by atoms with Crippen molar-refractivity contribution in [3.05, 3.63) is 12.2 Å². The third-order valence-corrected chi connectivity index (χ3v) is 2.84. The summed E-state index contributed by atoms with van der Waals surface area (Å²) in [5.74, 6) is 0. The minimum Gasteiger partial charge on any atom is -0.374 e. The molecule has 2 unspecified atom stereocenters. The lowest BCUT2D eigenvalue weighted by Crippen LogP contribution is -2.31. The number of rotatable bonds is 2. The maximum absolute atomic E-state index is 6.00. The lowest BCUT2D eigenvalue weighted by Gasteiger charge is -2.31. The van der Waals surface area contributed by atoms with Crippen LogP contribution in [0, 0.1) is 5.41 Å². The summed E-state index contributed by atoms with van der Waals surface area (Å²) >= 11 is 0. The van der Waals surface area contributed by atoms with E-state index in [0.29, 0.717) is 12.2 Å². The van der Waals surface area contributed by atoms with Crippen molar-refractivity contribution < 1.29 is 4.74 Å². The van der Waals surface area contributed by atoms with E-state index < -0.39 is 0 Å². The fraction of sp³-hybridized carbons (Fsp3) is 0.833. The molecule has 0 saturated heterocycles. The molecule has 76 valence electrons. The fourth-order valence-electron chi connectivity index (χ4n) is 1.38. The normalized spacial score (nSPS) is 26.0. The molecular weight excluding hydrogens is 160 g/mol. The molecule has 0 bridgehead atoms. The Morgan fingerprint density at radius 1 is 1.31 bits per heavy atom. The van der Waals surface area contributed by atoms with E-state index in [9.17, 15) is 0 Å². The van der Waals surface area contributed by atoms with Crippen molar-refractivity contribution in [2.24, 2.45) is 5.41 Å². The van der Waals surface area contributed by atoms with Crippen LogP contribution in [0.25, 0.3) is 0 Å². The zero-order valence-corrected chi connectivity index (χ0v) is 9.34. The van der Waals surface area contributed by atoms with Crippen molar-refractivity contribution in [1.82, 2.24) is 0 Å². The van der Waals surface area contributed by atoms with E-state index in [4.69, 9.17) is 4.74 Å². The maximum Gasteiger partial charge on any atom is 0.0616 e. The number of hydrogen-bond donors (Lipinski definition) is 0. The summed E-state index contributed by atoms with van der Waals surface area (Å²) in [5.41, 5.74) is 0.265. The second-order valence-electron chi connectivity index (χ2n) is 5.05. The summed E-state index contributed by atoms with van der Waals surface area (Å²) in [6.07, 6.45) is 8.77. The third-order valence-electron chi connectivity index (χ3n) is 2.84. The van der Waals surface area contributed by atoms with Crippen LogP contribution in [0.3, 0.4) is 0 Å². The summed E-state index contributed by atoms with van der Waals surface area (Å²) in [6.45, 7) is 8.88. The van der Waals surface area contributed by atoms with Gasteiger partial charge in [-0.05, 0) is 31.6 Å². The van der Waals surface area contributed by atoms with Crippen LogP contribution in [-0.4, -0.2) is 12.2 Å². The largest absolute Gasteiger partial charge is 0.374 e. The van der Waals surface area contributed by atoms with Crippen LogP contribution in [0.5, 0.6) is 0 Å². The standard InChI is InChI=1S/C12H22O/c1-10(12(2,3)4)13-11-8-6-5-7-9-11/h5-6,10-11H,7-9H2,1-4H3. The molecule has 0 aromatic rings. The van der Waals surface area contributed by atoms with Crippen molar-refractivity contribution in [2.75, 3.05) is 0 Å². The molecule has 1 aliphatic carbocycles. The highest BCUT2D eigenvalue weighted by Gasteiger charge is 2.23. The molecule has 0 radical (unpaired) electrons. The van der Waals surface area contributed by atoms with Crippen molar-refractivity contribution in [3.8, 4) is 0 Å². The Morgan fingerprint density at radius 2 is 2.00 bits per heavy atom. The van der Waals surface area contributed by atoms with E-state index in [2.05, 4.69) is 39.8 Å². The second kappa shape index (κ2) is 4.28. The molecule has 0 amide bonds. The number of allylic oxidation sites excluding steroid dienone is 1. The third kappa shape index (κ3) is 3.51. The van der Waals surface area contributed by atoms with Crippen LogP contribution in [0.1, 0.15) is 47.0 Å². The average molecular weight is 182 g/mol. The smallest absolute Gasteiger partial charge is 0.0616 e. The van der Waals surface area contributed by atoms with Crippen LogP contribution >= 0.6 is 0 Å². The van der Waals surface area contributed by atoms with Crippen LogP contribution in [0.15, 0.2) is 12.2 Å².